The number of hydrogen-bond donors (Lipinski definition) is 1. The average molecular weight is 209 g/mol. The van der Waals surface area contributed by atoms with Crippen LogP contribution < -0.4 is 4.74 Å². The first kappa shape index (κ1) is 11.0. The second-order valence-electron chi connectivity index (χ2n) is 2.69. The highest BCUT2D eigenvalue weighted by Gasteiger charge is 2.06. The third-order valence-electron chi connectivity index (χ3n) is 1.64. The Labute approximate surface area is 86.9 Å². The van der Waals surface area contributed by atoms with Crippen LogP contribution in [0.15, 0.2) is 29.4 Å². The van der Waals surface area contributed by atoms with Gasteiger partial charge in [-0.15, -0.1) is 0 Å². The van der Waals surface area contributed by atoms with Gasteiger partial charge >= 0.3 is 5.97 Å². The maximum atomic E-state index is 10.5. The van der Waals surface area contributed by atoms with E-state index in [1.807, 2.05) is 0 Å². The van der Waals surface area contributed by atoms with E-state index in [4.69, 9.17) is 9.84 Å². The summed E-state index contributed by atoms with van der Waals surface area (Å²) < 4.78 is 5.10. The van der Waals surface area contributed by atoms with Crippen LogP contribution in [-0.4, -0.2) is 24.6 Å². The second kappa shape index (κ2) is 5.64. The molecule has 1 rings (SSSR count). The Morgan fingerprint density at radius 3 is 2.93 bits per heavy atom. The molecule has 5 heteroatoms. The second-order valence-corrected chi connectivity index (χ2v) is 2.69. The van der Waals surface area contributed by atoms with Gasteiger partial charge in [-0.25, -0.2) is 0 Å². The molecular formula is C10H11NO4. The van der Waals surface area contributed by atoms with E-state index in [0.29, 0.717) is 11.3 Å². The molecular weight excluding hydrogens is 198 g/mol. The fourth-order valence-corrected chi connectivity index (χ4v) is 1.05. The smallest absolute Gasteiger partial charge is 0.307 e. The van der Waals surface area contributed by atoms with Gasteiger partial charge in [0.05, 0.1) is 6.42 Å². The molecule has 0 heterocycles. The van der Waals surface area contributed by atoms with Crippen molar-refractivity contribution in [3.8, 4) is 5.75 Å². The van der Waals surface area contributed by atoms with E-state index in [2.05, 4.69) is 9.99 Å². The maximum absolute atomic E-state index is 10.5. The molecule has 15 heavy (non-hydrogen) atoms. The van der Waals surface area contributed by atoms with Crippen molar-refractivity contribution in [2.75, 3.05) is 7.11 Å². The zero-order valence-corrected chi connectivity index (χ0v) is 8.21. The van der Waals surface area contributed by atoms with Crippen LogP contribution >= 0.6 is 0 Å². The number of nitrogens with zero attached hydrogens (tertiary/aromatic N) is 1. The molecule has 0 aliphatic heterocycles. The van der Waals surface area contributed by atoms with Gasteiger partial charge in [0, 0.05) is 5.56 Å². The van der Waals surface area contributed by atoms with E-state index >= 15 is 0 Å². The molecule has 1 N–H and O–H groups in total. The first-order valence-electron chi connectivity index (χ1n) is 4.25. The Hall–Kier alpha value is -2.04. The normalized spacial score (nSPS) is 10.2. The summed E-state index contributed by atoms with van der Waals surface area (Å²) in [7, 11) is 1.39. The maximum Gasteiger partial charge on any atom is 0.307 e. The Balaban J connectivity index is 2.76. The summed E-state index contributed by atoms with van der Waals surface area (Å²) in [6.07, 6.45) is 1.03. The van der Waals surface area contributed by atoms with Crippen LogP contribution in [0, 0.1) is 0 Å². The molecule has 0 unspecified atom stereocenters. The first-order chi connectivity index (χ1) is 7.24. The Morgan fingerprint density at radius 1 is 1.53 bits per heavy atom. The Bertz CT molecular complexity index is 362. The average Bonchev–Trinajstić information content (AvgIpc) is 2.20. The van der Waals surface area contributed by atoms with Crippen LogP contribution in [0.5, 0.6) is 5.75 Å². The van der Waals surface area contributed by atoms with Gasteiger partial charge in [0.2, 0.25) is 6.40 Å². The van der Waals surface area contributed by atoms with Crippen LogP contribution in [-0.2, 0) is 16.1 Å². The molecule has 1 aromatic rings. The van der Waals surface area contributed by atoms with Crippen molar-refractivity contribution >= 4 is 12.4 Å². The predicted octanol–water partition coefficient (Wildman–Crippen LogP) is 1.28. The van der Waals surface area contributed by atoms with Gasteiger partial charge < -0.3 is 14.7 Å². The fourth-order valence-electron chi connectivity index (χ4n) is 1.05. The molecule has 0 fully saturated rings. The molecule has 1 aromatic carbocycles. The van der Waals surface area contributed by atoms with Crippen molar-refractivity contribution in [2.45, 2.75) is 6.42 Å². The molecule has 5 nitrogen and oxygen atoms in total. The zero-order chi connectivity index (χ0) is 11.1. The highest BCUT2D eigenvalue weighted by molar-refractivity contribution is 5.71. The predicted molar refractivity (Wildman–Crippen MR) is 53.9 cm³/mol. The number of ether oxygens (including phenoxy) is 1. The van der Waals surface area contributed by atoms with Crippen LogP contribution in [0.4, 0.5) is 0 Å². The molecule has 0 spiro atoms. The van der Waals surface area contributed by atoms with E-state index < -0.39 is 5.97 Å². The number of rotatable bonds is 5. The van der Waals surface area contributed by atoms with Gasteiger partial charge in [-0.05, 0) is 6.07 Å². The fraction of sp³-hybridized carbons (Fsp3) is 0.200. The van der Waals surface area contributed by atoms with Crippen molar-refractivity contribution in [1.82, 2.24) is 0 Å². The number of carbonyl (C=O) groups is 1. The highest BCUT2D eigenvalue weighted by Crippen LogP contribution is 2.17. The lowest BCUT2D eigenvalue weighted by Crippen LogP contribution is -2.03. The van der Waals surface area contributed by atoms with Crippen molar-refractivity contribution in [2.24, 2.45) is 5.16 Å². The number of hydrogen-bond acceptors (Lipinski definition) is 4. The van der Waals surface area contributed by atoms with E-state index in [1.54, 1.807) is 24.3 Å². The topological polar surface area (TPSA) is 68.1 Å². The SMILES string of the molecule is CON=COc1ccccc1CC(=O)O. The summed E-state index contributed by atoms with van der Waals surface area (Å²) in [6, 6.07) is 6.85. The van der Waals surface area contributed by atoms with E-state index in [-0.39, 0.29) is 6.42 Å². The number of carboxylic acids is 1. The van der Waals surface area contributed by atoms with Gasteiger partial charge in [-0.2, -0.15) is 0 Å². The van der Waals surface area contributed by atoms with Crippen LogP contribution in [0.25, 0.3) is 0 Å². The van der Waals surface area contributed by atoms with Gasteiger partial charge in [0.15, 0.2) is 0 Å². The number of para-hydroxylation sites is 1. The quantitative estimate of drug-likeness (QED) is 0.450. The van der Waals surface area contributed by atoms with Crippen LogP contribution in [0.2, 0.25) is 0 Å². The van der Waals surface area contributed by atoms with Crippen LogP contribution in [0.1, 0.15) is 5.56 Å². The molecule has 0 bridgehead atoms. The first-order valence-corrected chi connectivity index (χ1v) is 4.25. The minimum absolute atomic E-state index is 0.0863. The summed E-state index contributed by atoms with van der Waals surface area (Å²) in [5.41, 5.74) is 0.590. The summed E-state index contributed by atoms with van der Waals surface area (Å²) in [4.78, 5) is 14.9. The molecule has 0 aliphatic rings. The lowest BCUT2D eigenvalue weighted by molar-refractivity contribution is -0.136. The third-order valence-corrected chi connectivity index (χ3v) is 1.64. The van der Waals surface area contributed by atoms with E-state index in [1.165, 1.54) is 7.11 Å². The third kappa shape index (κ3) is 3.68. The lowest BCUT2D eigenvalue weighted by atomic mass is 10.1. The number of carboxylic acid groups (broad SMARTS) is 1. The minimum Gasteiger partial charge on any atom is -0.481 e. The molecule has 0 radical (unpaired) electrons. The van der Waals surface area contributed by atoms with Crippen LogP contribution in [0.3, 0.4) is 0 Å². The van der Waals surface area contributed by atoms with Gasteiger partial charge in [-0.3, -0.25) is 4.79 Å². The molecule has 0 amide bonds. The summed E-state index contributed by atoms with van der Waals surface area (Å²) in [6.45, 7) is 0. The number of aliphatic carboxylic acids is 1. The summed E-state index contributed by atoms with van der Waals surface area (Å²) in [5.74, 6) is -0.449. The highest BCUT2D eigenvalue weighted by atomic mass is 16.6. The molecule has 0 aliphatic carbocycles. The number of oxime groups is 1. The van der Waals surface area contributed by atoms with Gasteiger partial charge in [0.25, 0.3) is 0 Å². The largest absolute Gasteiger partial charge is 0.481 e. The molecule has 80 valence electrons. The number of benzene rings is 1. The van der Waals surface area contributed by atoms with Crippen molar-refractivity contribution in [3.63, 3.8) is 0 Å². The lowest BCUT2D eigenvalue weighted by Gasteiger charge is -2.04. The Morgan fingerprint density at radius 2 is 2.27 bits per heavy atom. The van der Waals surface area contributed by atoms with E-state index in [9.17, 15) is 4.79 Å². The molecule has 0 saturated carbocycles. The standard InChI is InChI=1S/C10H11NO4/c1-14-11-7-15-9-5-3-2-4-8(9)6-10(12)13/h2-5,7H,6H2,1H3,(H,12,13). The van der Waals surface area contributed by atoms with Crippen molar-refractivity contribution in [3.05, 3.63) is 29.8 Å². The molecule has 0 aromatic heterocycles. The summed E-state index contributed by atoms with van der Waals surface area (Å²) >= 11 is 0. The monoisotopic (exact) mass is 209 g/mol. The van der Waals surface area contributed by atoms with Gasteiger partial charge in [-0.1, -0.05) is 23.4 Å². The zero-order valence-electron chi connectivity index (χ0n) is 8.21. The van der Waals surface area contributed by atoms with Gasteiger partial charge in [0.1, 0.15) is 12.9 Å². The van der Waals surface area contributed by atoms with E-state index in [0.717, 1.165) is 6.40 Å². The Kier molecular flexibility index (Phi) is 4.15. The molecule has 0 atom stereocenters. The molecule has 0 saturated heterocycles. The van der Waals surface area contributed by atoms with Crippen molar-refractivity contribution in [1.29, 1.82) is 0 Å². The summed E-state index contributed by atoms with van der Waals surface area (Å²) in [5, 5.41) is 12.0. The minimum atomic E-state index is -0.908. The van der Waals surface area contributed by atoms with Crippen molar-refractivity contribution < 1.29 is 19.5 Å².